The Morgan fingerprint density at radius 3 is 2.30 bits per heavy atom. The Balaban J connectivity index is 3.61. The Morgan fingerprint density at radius 1 is 1.00 bits per heavy atom. The van der Waals surface area contributed by atoms with Crippen molar-refractivity contribution >= 4 is 12.6 Å². The first kappa shape index (κ1) is 20.2. The second-order valence-electron chi connectivity index (χ2n) is 5.48. The molecule has 0 aliphatic carbocycles. The van der Waals surface area contributed by atoms with Crippen LogP contribution in [0.4, 0.5) is 0 Å². The molecule has 3 nitrogen and oxygen atoms in total. The Morgan fingerprint density at radius 2 is 1.75 bits per heavy atom. The third-order valence-electron chi connectivity index (χ3n) is 3.78. The fourth-order valence-corrected chi connectivity index (χ4v) is 2.56. The number of hydrogen-bond acceptors (Lipinski definition) is 4. The van der Waals surface area contributed by atoms with Crippen LogP contribution in [0.3, 0.4) is 0 Å². The molecule has 0 aromatic carbocycles. The highest BCUT2D eigenvalue weighted by Gasteiger charge is 2.09. The second kappa shape index (κ2) is 14.2. The van der Waals surface area contributed by atoms with Gasteiger partial charge >= 0.3 is 0 Å². The predicted octanol–water partition coefficient (Wildman–Crippen LogP) is 3.70. The van der Waals surface area contributed by atoms with Crippen molar-refractivity contribution in [2.24, 2.45) is 5.92 Å². The van der Waals surface area contributed by atoms with Crippen molar-refractivity contribution < 1.29 is 14.6 Å². The third kappa shape index (κ3) is 11.0. The molecule has 0 saturated carbocycles. The van der Waals surface area contributed by atoms with E-state index in [1.54, 1.807) is 0 Å². The van der Waals surface area contributed by atoms with Crippen molar-refractivity contribution in [3.8, 4) is 0 Å². The molecule has 122 valence electrons. The molecule has 4 heteroatoms. The van der Waals surface area contributed by atoms with Crippen molar-refractivity contribution in [3.05, 3.63) is 0 Å². The van der Waals surface area contributed by atoms with Crippen LogP contribution in [-0.4, -0.2) is 42.9 Å². The summed E-state index contributed by atoms with van der Waals surface area (Å²) >= 11 is 4.36. The molecule has 0 bridgehead atoms. The molecule has 3 atom stereocenters. The predicted molar refractivity (Wildman–Crippen MR) is 88.6 cm³/mol. The molecule has 20 heavy (non-hydrogen) atoms. The van der Waals surface area contributed by atoms with E-state index < -0.39 is 0 Å². The summed E-state index contributed by atoms with van der Waals surface area (Å²) in [6.45, 7) is 8.13. The van der Waals surface area contributed by atoms with E-state index in [9.17, 15) is 0 Å². The minimum atomic E-state index is 0.137. The molecule has 0 aliphatic heterocycles. The van der Waals surface area contributed by atoms with Crippen LogP contribution in [0.15, 0.2) is 0 Å². The van der Waals surface area contributed by atoms with Gasteiger partial charge in [0, 0.05) is 19.8 Å². The maximum atomic E-state index is 8.81. The summed E-state index contributed by atoms with van der Waals surface area (Å²) in [6.07, 6.45) is 6.65. The molecule has 0 rings (SSSR count). The monoisotopic (exact) mass is 306 g/mol. The molecule has 0 spiro atoms. The quantitative estimate of drug-likeness (QED) is 0.380. The summed E-state index contributed by atoms with van der Waals surface area (Å²) < 4.78 is 11.6. The van der Waals surface area contributed by atoms with Crippen LogP contribution in [0.2, 0.25) is 0 Å². The summed E-state index contributed by atoms with van der Waals surface area (Å²) in [7, 11) is 0. The van der Waals surface area contributed by atoms with Gasteiger partial charge in [-0.1, -0.05) is 20.3 Å². The fourth-order valence-electron chi connectivity index (χ4n) is 2.12. The summed E-state index contributed by atoms with van der Waals surface area (Å²) in [5.41, 5.74) is 0. The van der Waals surface area contributed by atoms with Crippen molar-refractivity contribution in [3.63, 3.8) is 0 Å². The summed E-state index contributed by atoms with van der Waals surface area (Å²) in [5, 5.41) is 8.81. The van der Waals surface area contributed by atoms with Crippen molar-refractivity contribution in [1.29, 1.82) is 0 Å². The molecule has 0 saturated heterocycles. The van der Waals surface area contributed by atoms with Crippen LogP contribution in [-0.2, 0) is 9.47 Å². The van der Waals surface area contributed by atoms with Crippen LogP contribution in [0.25, 0.3) is 0 Å². The van der Waals surface area contributed by atoms with Gasteiger partial charge in [-0.05, 0) is 50.7 Å². The van der Waals surface area contributed by atoms with Crippen molar-refractivity contribution in [2.75, 3.05) is 25.6 Å². The van der Waals surface area contributed by atoms with Gasteiger partial charge in [-0.15, -0.1) is 0 Å². The SMILES string of the molecule is CCC(CS)CCCO[C@H](CC)CCOC(C)CCO. The van der Waals surface area contributed by atoms with Gasteiger partial charge in [0.15, 0.2) is 0 Å². The molecular weight excluding hydrogens is 272 g/mol. The van der Waals surface area contributed by atoms with Gasteiger partial charge in [0.05, 0.1) is 12.2 Å². The molecule has 0 heterocycles. The van der Waals surface area contributed by atoms with Gasteiger partial charge in [-0.25, -0.2) is 0 Å². The molecule has 1 N–H and O–H groups in total. The number of rotatable bonds is 14. The van der Waals surface area contributed by atoms with Crippen LogP contribution < -0.4 is 0 Å². The van der Waals surface area contributed by atoms with Crippen LogP contribution >= 0.6 is 12.6 Å². The second-order valence-corrected chi connectivity index (χ2v) is 5.85. The largest absolute Gasteiger partial charge is 0.396 e. The Labute approximate surface area is 130 Å². The standard InChI is InChI=1S/C16H34O3S/c1-4-15(13-20)7-6-11-19-16(5-2)9-12-18-14(3)8-10-17/h14-17,20H,4-13H2,1-3H3/t14?,15?,16-/m1/s1. The third-order valence-corrected chi connectivity index (χ3v) is 4.30. The van der Waals surface area contributed by atoms with E-state index in [1.807, 2.05) is 6.92 Å². The van der Waals surface area contributed by atoms with E-state index >= 15 is 0 Å². The maximum absolute atomic E-state index is 8.81. The molecule has 0 aromatic heterocycles. The molecular formula is C16H34O3S. The highest BCUT2D eigenvalue weighted by Crippen LogP contribution is 2.13. The van der Waals surface area contributed by atoms with Crippen LogP contribution in [0.1, 0.15) is 59.3 Å². The van der Waals surface area contributed by atoms with E-state index in [-0.39, 0.29) is 12.7 Å². The lowest BCUT2D eigenvalue weighted by Crippen LogP contribution is -2.19. The number of thiol groups is 1. The first-order valence-electron chi connectivity index (χ1n) is 8.12. The van der Waals surface area contributed by atoms with Gasteiger partial charge in [0.1, 0.15) is 0 Å². The number of aliphatic hydroxyl groups excluding tert-OH is 1. The summed E-state index contributed by atoms with van der Waals surface area (Å²) in [4.78, 5) is 0. The van der Waals surface area contributed by atoms with Crippen molar-refractivity contribution in [2.45, 2.75) is 71.5 Å². The molecule has 0 radical (unpaired) electrons. The van der Waals surface area contributed by atoms with E-state index in [0.29, 0.717) is 19.1 Å². The van der Waals surface area contributed by atoms with Crippen LogP contribution in [0.5, 0.6) is 0 Å². The topological polar surface area (TPSA) is 38.7 Å². The number of ether oxygens (including phenoxy) is 2. The number of aliphatic hydroxyl groups is 1. The minimum Gasteiger partial charge on any atom is -0.396 e. The zero-order valence-electron chi connectivity index (χ0n) is 13.5. The fraction of sp³-hybridized carbons (Fsp3) is 1.00. The van der Waals surface area contributed by atoms with Crippen LogP contribution in [0, 0.1) is 5.92 Å². The lowest BCUT2D eigenvalue weighted by atomic mass is 10.0. The highest BCUT2D eigenvalue weighted by atomic mass is 32.1. The first-order chi connectivity index (χ1) is 9.67. The maximum Gasteiger partial charge on any atom is 0.0594 e. The lowest BCUT2D eigenvalue weighted by molar-refractivity contribution is -0.00497. The zero-order valence-corrected chi connectivity index (χ0v) is 14.4. The lowest BCUT2D eigenvalue weighted by Gasteiger charge is -2.19. The number of hydrogen-bond donors (Lipinski definition) is 2. The minimum absolute atomic E-state index is 0.137. The van der Waals surface area contributed by atoms with E-state index in [1.165, 1.54) is 12.8 Å². The van der Waals surface area contributed by atoms with E-state index in [2.05, 4.69) is 26.5 Å². The normalized spacial score (nSPS) is 16.1. The Hall–Kier alpha value is 0.230. The van der Waals surface area contributed by atoms with Gasteiger partial charge < -0.3 is 14.6 Å². The van der Waals surface area contributed by atoms with Gasteiger partial charge in [-0.2, -0.15) is 12.6 Å². The summed E-state index contributed by atoms with van der Waals surface area (Å²) in [5.74, 6) is 1.70. The Bertz CT molecular complexity index is 198. The Kier molecular flexibility index (Phi) is 14.3. The van der Waals surface area contributed by atoms with Gasteiger partial charge in [-0.3, -0.25) is 0 Å². The first-order valence-corrected chi connectivity index (χ1v) is 8.75. The van der Waals surface area contributed by atoms with E-state index in [4.69, 9.17) is 14.6 Å². The highest BCUT2D eigenvalue weighted by molar-refractivity contribution is 7.80. The van der Waals surface area contributed by atoms with Crippen molar-refractivity contribution in [1.82, 2.24) is 0 Å². The average Bonchev–Trinajstić information content (AvgIpc) is 2.45. The molecule has 0 amide bonds. The molecule has 0 fully saturated rings. The molecule has 0 aromatic rings. The van der Waals surface area contributed by atoms with E-state index in [0.717, 1.165) is 37.5 Å². The van der Waals surface area contributed by atoms with Gasteiger partial charge in [0.2, 0.25) is 0 Å². The smallest absolute Gasteiger partial charge is 0.0594 e. The average molecular weight is 307 g/mol. The summed E-state index contributed by atoms with van der Waals surface area (Å²) in [6, 6.07) is 0. The zero-order chi connectivity index (χ0) is 15.2. The molecule has 0 aliphatic rings. The van der Waals surface area contributed by atoms with Gasteiger partial charge in [0.25, 0.3) is 0 Å². The molecule has 2 unspecified atom stereocenters.